The van der Waals surface area contributed by atoms with Gasteiger partial charge >= 0.3 is 0 Å². The molecule has 0 bridgehead atoms. The van der Waals surface area contributed by atoms with Gasteiger partial charge in [-0.2, -0.15) is 0 Å². The zero-order valence-electron chi connectivity index (χ0n) is 10.7. The van der Waals surface area contributed by atoms with Crippen molar-refractivity contribution in [3.05, 3.63) is 0 Å². The Hall–Kier alpha value is -0.410. The fourth-order valence-electron chi connectivity index (χ4n) is 2.77. The lowest BCUT2D eigenvalue weighted by molar-refractivity contribution is -0.0979. The molecule has 94 valence electrons. The zero-order valence-corrected chi connectivity index (χ0v) is 10.7. The van der Waals surface area contributed by atoms with Crippen molar-refractivity contribution in [2.75, 3.05) is 39.8 Å². The molecule has 1 saturated carbocycles. The minimum Gasteiger partial charge on any atom is -0.307 e. The van der Waals surface area contributed by atoms with Crippen LogP contribution < -0.4 is 0 Å². The van der Waals surface area contributed by atoms with Crippen LogP contribution in [0.5, 0.6) is 0 Å². The van der Waals surface area contributed by atoms with Crippen LogP contribution in [0.4, 0.5) is 0 Å². The summed E-state index contributed by atoms with van der Waals surface area (Å²) in [5, 5.41) is 0. The molecular formula is C13H26N2O. The lowest BCUT2D eigenvalue weighted by Gasteiger charge is -2.35. The molecule has 0 aromatic carbocycles. The van der Waals surface area contributed by atoms with Gasteiger partial charge in [-0.25, -0.2) is 0 Å². The monoisotopic (exact) mass is 226 g/mol. The number of piperazine rings is 1. The van der Waals surface area contributed by atoms with Crippen molar-refractivity contribution in [2.45, 2.75) is 32.1 Å². The van der Waals surface area contributed by atoms with Crippen LogP contribution in [0.1, 0.15) is 32.1 Å². The summed E-state index contributed by atoms with van der Waals surface area (Å²) < 4.78 is 0. The summed E-state index contributed by atoms with van der Waals surface area (Å²) in [4.78, 5) is 13.1. The number of hydrogen-bond donors (Lipinski definition) is 0. The largest absolute Gasteiger partial charge is 0.307 e. The molecule has 0 aromatic heterocycles. The number of carbonyl (C=O) groups is 1. The van der Waals surface area contributed by atoms with Gasteiger partial charge in [0, 0.05) is 32.7 Å². The Labute approximate surface area is 99.8 Å². The van der Waals surface area contributed by atoms with E-state index < -0.39 is 0 Å². The van der Waals surface area contributed by atoms with Crippen LogP contribution in [0, 0.1) is 5.92 Å². The number of hydrogen-bond acceptors (Lipinski definition) is 3. The fraction of sp³-hybridized carbons (Fsp3) is 0.923. The van der Waals surface area contributed by atoms with Crippen LogP contribution in [-0.2, 0) is 4.79 Å². The first kappa shape index (κ1) is 13.7. The van der Waals surface area contributed by atoms with Crippen LogP contribution in [0.25, 0.3) is 0 Å². The van der Waals surface area contributed by atoms with Crippen molar-refractivity contribution >= 4 is 6.79 Å². The highest BCUT2D eigenvalue weighted by Crippen LogP contribution is 2.24. The van der Waals surface area contributed by atoms with E-state index in [1.54, 1.807) is 0 Å². The van der Waals surface area contributed by atoms with E-state index in [4.69, 9.17) is 4.79 Å². The summed E-state index contributed by atoms with van der Waals surface area (Å²) >= 11 is 0. The first-order valence-electron chi connectivity index (χ1n) is 6.54. The van der Waals surface area contributed by atoms with Gasteiger partial charge in [0.05, 0.1) is 0 Å². The zero-order chi connectivity index (χ0) is 11.8. The van der Waals surface area contributed by atoms with Gasteiger partial charge in [0.2, 0.25) is 0 Å². The Balaban J connectivity index is 0.000000606. The molecule has 3 nitrogen and oxygen atoms in total. The molecule has 1 saturated heterocycles. The third-order valence-electron chi connectivity index (χ3n) is 3.84. The minimum absolute atomic E-state index is 1.02. The van der Waals surface area contributed by atoms with Crippen molar-refractivity contribution in [3.8, 4) is 0 Å². The molecule has 0 amide bonds. The van der Waals surface area contributed by atoms with Gasteiger partial charge < -0.3 is 14.6 Å². The number of likely N-dealkylation sites (N-methyl/N-ethyl adjacent to an activating group) is 1. The van der Waals surface area contributed by atoms with Crippen LogP contribution in [0.3, 0.4) is 0 Å². The van der Waals surface area contributed by atoms with Gasteiger partial charge in [-0.3, -0.25) is 0 Å². The second-order valence-electron chi connectivity index (χ2n) is 5.11. The molecule has 1 heterocycles. The van der Waals surface area contributed by atoms with Gasteiger partial charge in [-0.05, 0) is 25.8 Å². The van der Waals surface area contributed by atoms with E-state index in [1.165, 1.54) is 64.8 Å². The van der Waals surface area contributed by atoms with E-state index in [0.717, 1.165) is 5.92 Å². The molecule has 3 heteroatoms. The SMILES string of the molecule is C=O.CN1CCN(CC2CCCCC2)CC1. The Kier molecular flexibility index (Phi) is 6.65. The predicted molar refractivity (Wildman–Crippen MR) is 67.6 cm³/mol. The second kappa shape index (κ2) is 7.80. The molecule has 1 aliphatic heterocycles. The fourth-order valence-corrected chi connectivity index (χ4v) is 2.77. The molecule has 1 aliphatic carbocycles. The van der Waals surface area contributed by atoms with Crippen molar-refractivity contribution in [3.63, 3.8) is 0 Å². The van der Waals surface area contributed by atoms with Crippen LogP contribution >= 0.6 is 0 Å². The maximum atomic E-state index is 8.00. The van der Waals surface area contributed by atoms with E-state index in [1.807, 2.05) is 6.79 Å². The third kappa shape index (κ3) is 4.62. The van der Waals surface area contributed by atoms with Crippen LogP contribution in [-0.4, -0.2) is 56.4 Å². The average Bonchev–Trinajstić information content (AvgIpc) is 2.36. The quantitative estimate of drug-likeness (QED) is 0.715. The Morgan fingerprint density at radius 2 is 1.56 bits per heavy atom. The summed E-state index contributed by atoms with van der Waals surface area (Å²) in [7, 11) is 2.23. The number of rotatable bonds is 2. The highest BCUT2D eigenvalue weighted by molar-refractivity contribution is 5.10. The van der Waals surface area contributed by atoms with Crippen LogP contribution in [0.15, 0.2) is 0 Å². The molecule has 0 atom stereocenters. The molecule has 0 N–H and O–H groups in total. The smallest absolute Gasteiger partial charge is 0.106 e. The summed E-state index contributed by atoms with van der Waals surface area (Å²) in [6.07, 6.45) is 7.44. The predicted octanol–water partition coefficient (Wildman–Crippen LogP) is 1.63. The standard InChI is InChI=1S/C12H24N2.CH2O/c1-13-7-9-14(10-8-13)11-12-5-3-2-4-6-12;1-2/h12H,2-11H2,1H3;1H2. The topological polar surface area (TPSA) is 23.6 Å². The van der Waals surface area contributed by atoms with E-state index in [0.29, 0.717) is 0 Å². The first-order valence-corrected chi connectivity index (χ1v) is 6.54. The first-order chi connectivity index (χ1) is 7.84. The van der Waals surface area contributed by atoms with Crippen molar-refractivity contribution < 1.29 is 4.79 Å². The highest BCUT2D eigenvalue weighted by atomic mass is 16.1. The van der Waals surface area contributed by atoms with E-state index in [2.05, 4.69) is 16.8 Å². The number of nitrogens with zero attached hydrogens (tertiary/aromatic N) is 2. The average molecular weight is 226 g/mol. The summed E-state index contributed by atoms with van der Waals surface area (Å²) in [6, 6.07) is 0. The van der Waals surface area contributed by atoms with Crippen molar-refractivity contribution in [1.29, 1.82) is 0 Å². The maximum absolute atomic E-state index is 8.00. The Morgan fingerprint density at radius 1 is 1.00 bits per heavy atom. The lowest BCUT2D eigenvalue weighted by Crippen LogP contribution is -2.46. The Morgan fingerprint density at radius 3 is 2.12 bits per heavy atom. The highest BCUT2D eigenvalue weighted by Gasteiger charge is 2.19. The van der Waals surface area contributed by atoms with Crippen molar-refractivity contribution in [1.82, 2.24) is 9.80 Å². The number of carbonyl (C=O) groups excluding carboxylic acids is 1. The molecule has 2 fully saturated rings. The molecule has 2 aliphatic rings. The maximum Gasteiger partial charge on any atom is 0.106 e. The van der Waals surface area contributed by atoms with Gasteiger partial charge in [0.1, 0.15) is 6.79 Å². The summed E-state index contributed by atoms with van der Waals surface area (Å²) in [6.45, 7) is 8.52. The molecular weight excluding hydrogens is 200 g/mol. The molecule has 0 spiro atoms. The molecule has 16 heavy (non-hydrogen) atoms. The van der Waals surface area contributed by atoms with E-state index in [9.17, 15) is 0 Å². The second-order valence-corrected chi connectivity index (χ2v) is 5.11. The summed E-state index contributed by atoms with van der Waals surface area (Å²) in [5.41, 5.74) is 0. The van der Waals surface area contributed by atoms with Gasteiger partial charge in [0.25, 0.3) is 0 Å². The van der Waals surface area contributed by atoms with Gasteiger partial charge in [-0.1, -0.05) is 19.3 Å². The van der Waals surface area contributed by atoms with Gasteiger partial charge in [-0.15, -0.1) is 0 Å². The van der Waals surface area contributed by atoms with E-state index >= 15 is 0 Å². The van der Waals surface area contributed by atoms with Crippen molar-refractivity contribution in [2.24, 2.45) is 5.92 Å². The van der Waals surface area contributed by atoms with Crippen LogP contribution in [0.2, 0.25) is 0 Å². The lowest BCUT2D eigenvalue weighted by atomic mass is 9.89. The summed E-state index contributed by atoms with van der Waals surface area (Å²) in [5.74, 6) is 1.02. The minimum atomic E-state index is 1.02. The van der Waals surface area contributed by atoms with E-state index in [-0.39, 0.29) is 0 Å². The van der Waals surface area contributed by atoms with Gasteiger partial charge in [0.15, 0.2) is 0 Å². The molecule has 2 rings (SSSR count). The molecule has 0 unspecified atom stereocenters. The Bertz CT molecular complexity index is 173. The third-order valence-corrected chi connectivity index (χ3v) is 3.84. The molecule has 0 aromatic rings. The normalized spacial score (nSPS) is 24.8. The molecule has 0 radical (unpaired) electrons.